The predicted molar refractivity (Wildman–Crippen MR) is 88.3 cm³/mol. The maximum absolute atomic E-state index is 4.42. The number of tetrazole rings is 1. The molecular weight excluding hydrogens is 364 g/mol. The van der Waals surface area contributed by atoms with Crippen LogP contribution in [-0.2, 0) is 0 Å². The van der Waals surface area contributed by atoms with Crippen molar-refractivity contribution in [2.24, 2.45) is 0 Å². The largest absolute Gasteiger partial charge is 1.00 e. The summed E-state index contributed by atoms with van der Waals surface area (Å²) in [6.07, 6.45) is 0. The summed E-state index contributed by atoms with van der Waals surface area (Å²) < 4.78 is 2.02. The van der Waals surface area contributed by atoms with Crippen molar-refractivity contribution in [1.82, 2.24) is 15.0 Å². The number of para-hydroxylation sites is 2. The molecule has 0 unspecified atom stereocenters. The molecule has 0 aliphatic carbocycles. The van der Waals surface area contributed by atoms with E-state index in [1.807, 2.05) is 88.3 Å². The Bertz CT molecular complexity index is 849. The first-order chi connectivity index (χ1) is 11.4. The van der Waals surface area contributed by atoms with Crippen LogP contribution in [0.15, 0.2) is 91.0 Å². The summed E-state index contributed by atoms with van der Waals surface area (Å²) in [6.45, 7) is 0. The van der Waals surface area contributed by atoms with Crippen LogP contribution in [0.3, 0.4) is 0 Å². The number of rotatable bonds is 3. The van der Waals surface area contributed by atoms with Crippen molar-refractivity contribution in [3.8, 4) is 22.8 Å². The molecule has 0 saturated carbocycles. The Kier molecular flexibility index (Phi) is 4.82. The van der Waals surface area contributed by atoms with E-state index in [4.69, 9.17) is 0 Å². The summed E-state index contributed by atoms with van der Waals surface area (Å²) in [6, 6.07) is 30.2. The first kappa shape index (κ1) is 16.1. The number of benzene rings is 3. The molecule has 0 aliphatic heterocycles. The van der Waals surface area contributed by atoms with Gasteiger partial charge in [-0.15, -0.1) is 4.68 Å². The van der Waals surface area contributed by atoms with Crippen LogP contribution in [0.2, 0.25) is 0 Å². The second-order valence-corrected chi connectivity index (χ2v) is 5.15. The van der Waals surface area contributed by atoms with Crippen LogP contribution in [0.25, 0.3) is 22.8 Å². The molecule has 0 spiro atoms. The minimum atomic E-state index is 0. The highest BCUT2D eigenvalue weighted by Crippen LogP contribution is 2.18. The van der Waals surface area contributed by atoms with Crippen LogP contribution in [0.1, 0.15) is 0 Å². The molecule has 1 aromatic heterocycles. The van der Waals surface area contributed by atoms with Gasteiger partial charge in [0.25, 0.3) is 0 Å². The summed E-state index contributed by atoms with van der Waals surface area (Å²) in [5.41, 5.74) is 3.00. The van der Waals surface area contributed by atoms with E-state index in [2.05, 4.69) is 22.4 Å². The van der Waals surface area contributed by atoms with Crippen LogP contribution >= 0.6 is 0 Å². The summed E-state index contributed by atoms with van der Waals surface area (Å²) >= 11 is 0. The van der Waals surface area contributed by atoms with Gasteiger partial charge in [-0.1, -0.05) is 54.6 Å². The third kappa shape index (κ3) is 2.98. The number of hydrogen-bond acceptors (Lipinski definition) is 2. The standard InChI is InChI=1S/C19H15N4.BrH/c1-4-10-16(11-5-1)19-20-21-23(18-14-8-3-9-15-18)22(19)17-12-6-2-7-13-17;/h1-15H;1H/q+1;/p-1. The summed E-state index contributed by atoms with van der Waals surface area (Å²) in [5, 5.41) is 8.78. The van der Waals surface area contributed by atoms with Crippen molar-refractivity contribution < 1.29 is 21.8 Å². The van der Waals surface area contributed by atoms with Gasteiger partial charge >= 0.3 is 5.82 Å². The molecule has 4 aromatic rings. The molecule has 3 aromatic carbocycles. The van der Waals surface area contributed by atoms with Gasteiger partial charge in [0.15, 0.2) is 10.9 Å². The van der Waals surface area contributed by atoms with Gasteiger partial charge in [-0.3, -0.25) is 0 Å². The van der Waals surface area contributed by atoms with Crippen molar-refractivity contribution >= 4 is 0 Å². The zero-order valence-electron chi connectivity index (χ0n) is 12.8. The van der Waals surface area contributed by atoms with E-state index in [0.29, 0.717) is 0 Å². The molecule has 4 nitrogen and oxygen atoms in total. The van der Waals surface area contributed by atoms with E-state index < -0.39 is 0 Å². The zero-order valence-corrected chi connectivity index (χ0v) is 14.4. The molecule has 0 saturated heterocycles. The highest BCUT2D eigenvalue weighted by Gasteiger charge is 2.24. The molecular formula is C19H15BrN4. The fourth-order valence-corrected chi connectivity index (χ4v) is 2.55. The molecule has 0 fully saturated rings. The van der Waals surface area contributed by atoms with Gasteiger partial charge in [0.2, 0.25) is 0 Å². The minimum Gasteiger partial charge on any atom is -1.00 e. The normalized spacial score (nSPS) is 10.2. The fourth-order valence-electron chi connectivity index (χ4n) is 2.55. The Morgan fingerprint density at radius 2 is 1.21 bits per heavy atom. The predicted octanol–water partition coefficient (Wildman–Crippen LogP) is 0.215. The van der Waals surface area contributed by atoms with Gasteiger partial charge in [-0.2, -0.15) is 0 Å². The SMILES string of the molecule is [Br-].c1ccc(-c2nn[n+](-c3ccccc3)n2-c2ccccc2)cc1. The average Bonchev–Trinajstić information content (AvgIpc) is 3.09. The number of hydrogen-bond donors (Lipinski definition) is 0. The van der Waals surface area contributed by atoms with E-state index in [-0.39, 0.29) is 17.0 Å². The maximum Gasteiger partial charge on any atom is 0.320 e. The lowest BCUT2D eigenvalue weighted by molar-refractivity contribution is -0.733. The second kappa shape index (κ2) is 7.19. The van der Waals surface area contributed by atoms with Crippen molar-refractivity contribution in [2.75, 3.05) is 0 Å². The van der Waals surface area contributed by atoms with Crippen LogP contribution in [0, 0.1) is 0 Å². The van der Waals surface area contributed by atoms with Gasteiger partial charge in [0.1, 0.15) is 0 Å². The molecule has 0 amide bonds. The fraction of sp³-hybridized carbons (Fsp3) is 0. The molecule has 118 valence electrons. The Balaban J connectivity index is 0.00000169. The molecule has 24 heavy (non-hydrogen) atoms. The highest BCUT2D eigenvalue weighted by molar-refractivity contribution is 5.56. The van der Waals surface area contributed by atoms with E-state index in [0.717, 1.165) is 22.8 Å². The Labute approximate surface area is 150 Å². The number of halogens is 1. The summed E-state index contributed by atoms with van der Waals surface area (Å²) in [5.74, 6) is 0.806. The van der Waals surface area contributed by atoms with Gasteiger partial charge < -0.3 is 17.0 Å². The lowest BCUT2D eigenvalue weighted by atomic mass is 10.2. The van der Waals surface area contributed by atoms with Gasteiger partial charge in [0.05, 0.1) is 16.3 Å². The minimum absolute atomic E-state index is 0. The molecule has 1 heterocycles. The van der Waals surface area contributed by atoms with Gasteiger partial charge in [-0.05, 0) is 41.2 Å². The van der Waals surface area contributed by atoms with Crippen molar-refractivity contribution in [1.29, 1.82) is 0 Å². The van der Waals surface area contributed by atoms with Crippen LogP contribution in [-0.4, -0.2) is 15.0 Å². The second-order valence-electron chi connectivity index (χ2n) is 5.15. The molecule has 0 aliphatic rings. The van der Waals surface area contributed by atoms with Crippen molar-refractivity contribution in [3.63, 3.8) is 0 Å². The molecule has 0 atom stereocenters. The van der Waals surface area contributed by atoms with Crippen molar-refractivity contribution in [2.45, 2.75) is 0 Å². The van der Waals surface area contributed by atoms with E-state index >= 15 is 0 Å². The first-order valence-electron chi connectivity index (χ1n) is 7.48. The van der Waals surface area contributed by atoms with E-state index in [9.17, 15) is 0 Å². The molecule has 0 bridgehead atoms. The third-order valence-corrected chi connectivity index (χ3v) is 3.63. The average molecular weight is 379 g/mol. The van der Waals surface area contributed by atoms with Crippen molar-refractivity contribution in [3.05, 3.63) is 91.0 Å². The van der Waals surface area contributed by atoms with Crippen LogP contribution in [0.4, 0.5) is 0 Å². The first-order valence-corrected chi connectivity index (χ1v) is 7.48. The highest BCUT2D eigenvalue weighted by atomic mass is 79.9. The lowest BCUT2D eigenvalue weighted by Gasteiger charge is -2.04. The lowest BCUT2D eigenvalue weighted by Crippen LogP contribution is -3.00. The van der Waals surface area contributed by atoms with Gasteiger partial charge in [-0.25, -0.2) is 0 Å². The molecule has 0 radical (unpaired) electrons. The van der Waals surface area contributed by atoms with Crippen LogP contribution < -0.4 is 21.8 Å². The Hall–Kier alpha value is -2.79. The zero-order chi connectivity index (χ0) is 15.5. The monoisotopic (exact) mass is 378 g/mol. The molecule has 4 rings (SSSR count). The Morgan fingerprint density at radius 3 is 1.83 bits per heavy atom. The molecule has 5 heteroatoms. The van der Waals surface area contributed by atoms with E-state index in [1.54, 1.807) is 0 Å². The maximum atomic E-state index is 4.42. The number of aromatic nitrogens is 4. The molecule has 0 N–H and O–H groups in total. The third-order valence-electron chi connectivity index (χ3n) is 3.63. The summed E-state index contributed by atoms with van der Waals surface area (Å²) in [7, 11) is 0. The Morgan fingerprint density at radius 1 is 0.667 bits per heavy atom. The van der Waals surface area contributed by atoms with E-state index in [1.165, 1.54) is 0 Å². The number of nitrogens with zero attached hydrogens (tertiary/aromatic N) is 4. The smallest absolute Gasteiger partial charge is 0.320 e. The van der Waals surface area contributed by atoms with Crippen LogP contribution in [0.5, 0.6) is 0 Å². The summed E-state index contributed by atoms with van der Waals surface area (Å²) in [4.78, 5) is 1.82. The quantitative estimate of drug-likeness (QED) is 0.478. The topological polar surface area (TPSA) is 34.6 Å². The van der Waals surface area contributed by atoms with Gasteiger partial charge in [0, 0.05) is 0 Å².